The van der Waals surface area contributed by atoms with Gasteiger partial charge in [0.1, 0.15) is 0 Å². The van der Waals surface area contributed by atoms with Crippen LogP contribution in [0.1, 0.15) is 27.7 Å². The quantitative estimate of drug-likeness (QED) is 0.667. The summed E-state index contributed by atoms with van der Waals surface area (Å²) >= 11 is 1.17. The van der Waals surface area contributed by atoms with E-state index in [9.17, 15) is 9.46 Å². The van der Waals surface area contributed by atoms with Crippen molar-refractivity contribution in [2.45, 2.75) is 32.4 Å². The van der Waals surface area contributed by atoms with E-state index in [0.29, 0.717) is 6.16 Å². The molecule has 4 heteroatoms. The summed E-state index contributed by atoms with van der Waals surface area (Å²) in [6.07, 6.45) is 0.356. The van der Waals surface area contributed by atoms with Gasteiger partial charge in [-0.2, -0.15) is 0 Å². The Morgan fingerprint density at radius 3 is 2.00 bits per heavy atom. The van der Waals surface area contributed by atoms with E-state index < -0.39 is 6.57 Å². The Labute approximate surface area is 66.6 Å². The third-order valence-corrected chi connectivity index (χ3v) is 5.72. The van der Waals surface area contributed by atoms with E-state index >= 15 is 0 Å². The van der Waals surface area contributed by atoms with Gasteiger partial charge in [0, 0.05) is 10.9 Å². The molecule has 0 aliphatic heterocycles. The Bertz CT molecular complexity index is 150. The molecule has 2 nitrogen and oxygen atoms in total. The van der Waals surface area contributed by atoms with Crippen LogP contribution in [0.15, 0.2) is 0 Å². The zero-order valence-corrected chi connectivity index (χ0v) is 8.63. The van der Waals surface area contributed by atoms with Gasteiger partial charge in [-0.1, -0.05) is 39.1 Å². The van der Waals surface area contributed by atoms with Crippen molar-refractivity contribution in [3.05, 3.63) is 0 Å². The molecule has 0 radical (unpaired) electrons. The highest BCUT2D eigenvalue weighted by atomic mass is 32.7. The number of hydrogen-bond acceptors (Lipinski definition) is 2. The second-order valence-corrected chi connectivity index (χ2v) is 8.73. The Morgan fingerprint density at radius 2 is 1.90 bits per heavy atom. The average molecular weight is 182 g/mol. The monoisotopic (exact) mass is 182 g/mol. The van der Waals surface area contributed by atoms with Crippen LogP contribution in [0.25, 0.3) is 0 Å². The first-order valence-electron chi connectivity index (χ1n) is 3.29. The van der Waals surface area contributed by atoms with Crippen molar-refractivity contribution in [3.63, 3.8) is 0 Å². The third-order valence-electron chi connectivity index (χ3n) is 0.816. The standard InChI is InChI=1S/C6H15O2PS/c1-5-9(7,8)10-6(2,3)4/h5H2,1-4H3,(H,7,8). The van der Waals surface area contributed by atoms with Gasteiger partial charge in [-0.3, -0.25) is 4.57 Å². The molecule has 10 heavy (non-hydrogen) atoms. The van der Waals surface area contributed by atoms with Gasteiger partial charge in [0.2, 0.25) is 0 Å². The normalized spacial score (nSPS) is 18.5. The second-order valence-electron chi connectivity index (χ2n) is 3.16. The van der Waals surface area contributed by atoms with Gasteiger partial charge in [0.15, 0.2) is 0 Å². The first kappa shape index (κ1) is 10.5. The summed E-state index contributed by atoms with van der Waals surface area (Å²) in [5, 5.41) is 0. The van der Waals surface area contributed by atoms with Crippen LogP contribution >= 0.6 is 18.0 Å². The molecule has 62 valence electrons. The average Bonchev–Trinajstić information content (AvgIpc) is 1.60. The maximum atomic E-state index is 11.1. The summed E-state index contributed by atoms with van der Waals surface area (Å²) in [6.45, 7) is 4.68. The van der Waals surface area contributed by atoms with E-state index in [1.807, 2.05) is 20.8 Å². The molecule has 0 fully saturated rings. The maximum Gasteiger partial charge on any atom is 0.255 e. The Kier molecular flexibility index (Phi) is 3.47. The topological polar surface area (TPSA) is 37.3 Å². The van der Waals surface area contributed by atoms with Crippen molar-refractivity contribution in [1.82, 2.24) is 0 Å². The van der Waals surface area contributed by atoms with Crippen LogP contribution in [0, 0.1) is 0 Å². The fourth-order valence-electron chi connectivity index (χ4n) is 0.492. The molecule has 1 atom stereocenters. The van der Waals surface area contributed by atoms with Crippen LogP contribution in [-0.2, 0) is 4.57 Å². The van der Waals surface area contributed by atoms with Crippen LogP contribution < -0.4 is 0 Å². The fraction of sp³-hybridized carbons (Fsp3) is 1.00. The molecule has 0 aliphatic carbocycles. The third kappa shape index (κ3) is 5.33. The number of hydrogen-bond donors (Lipinski definition) is 1. The lowest BCUT2D eigenvalue weighted by Crippen LogP contribution is -2.06. The summed E-state index contributed by atoms with van der Waals surface area (Å²) in [6, 6.07) is 0. The Hall–Kier alpha value is 0.540. The van der Waals surface area contributed by atoms with E-state index in [4.69, 9.17) is 0 Å². The minimum Gasteiger partial charge on any atom is -0.337 e. The molecule has 0 saturated heterocycles. The molecule has 0 aromatic rings. The van der Waals surface area contributed by atoms with E-state index in [1.165, 1.54) is 11.4 Å². The minimum absolute atomic E-state index is 0.111. The van der Waals surface area contributed by atoms with Crippen LogP contribution in [0.4, 0.5) is 0 Å². The van der Waals surface area contributed by atoms with E-state index in [1.54, 1.807) is 6.92 Å². The highest BCUT2D eigenvalue weighted by Gasteiger charge is 2.24. The van der Waals surface area contributed by atoms with Crippen molar-refractivity contribution in [1.29, 1.82) is 0 Å². The minimum atomic E-state index is -2.88. The predicted octanol–water partition coefficient (Wildman–Crippen LogP) is 2.72. The molecule has 0 bridgehead atoms. The molecular weight excluding hydrogens is 167 g/mol. The Morgan fingerprint density at radius 1 is 1.50 bits per heavy atom. The first-order chi connectivity index (χ1) is 4.27. The highest BCUT2D eigenvalue weighted by Crippen LogP contribution is 2.59. The molecular formula is C6H15O2PS. The van der Waals surface area contributed by atoms with Crippen molar-refractivity contribution < 1.29 is 9.46 Å². The fourth-order valence-corrected chi connectivity index (χ4v) is 4.43. The lowest BCUT2D eigenvalue weighted by atomic mass is 10.3. The van der Waals surface area contributed by atoms with Crippen molar-refractivity contribution in [2.24, 2.45) is 0 Å². The van der Waals surface area contributed by atoms with Crippen LogP contribution in [0.5, 0.6) is 0 Å². The summed E-state index contributed by atoms with van der Waals surface area (Å²) in [4.78, 5) is 9.18. The SMILES string of the molecule is CCP(=O)(O)SC(C)(C)C. The van der Waals surface area contributed by atoms with Crippen molar-refractivity contribution in [3.8, 4) is 0 Å². The van der Waals surface area contributed by atoms with Crippen LogP contribution in [0.3, 0.4) is 0 Å². The lowest BCUT2D eigenvalue weighted by molar-refractivity contribution is 0.498. The van der Waals surface area contributed by atoms with Gasteiger partial charge >= 0.3 is 0 Å². The van der Waals surface area contributed by atoms with Gasteiger partial charge in [0.25, 0.3) is 6.57 Å². The molecule has 0 spiro atoms. The lowest BCUT2D eigenvalue weighted by Gasteiger charge is -2.20. The molecule has 0 aromatic carbocycles. The van der Waals surface area contributed by atoms with Crippen molar-refractivity contribution >= 4 is 18.0 Å². The zero-order valence-electron chi connectivity index (χ0n) is 6.92. The molecule has 1 N–H and O–H groups in total. The molecule has 0 rings (SSSR count). The van der Waals surface area contributed by atoms with Crippen molar-refractivity contribution in [2.75, 3.05) is 6.16 Å². The smallest absolute Gasteiger partial charge is 0.255 e. The molecule has 0 saturated carbocycles. The zero-order chi connectivity index (χ0) is 8.41. The van der Waals surface area contributed by atoms with Gasteiger partial charge in [-0.15, -0.1) is 0 Å². The molecule has 0 aliphatic rings. The van der Waals surface area contributed by atoms with E-state index in [-0.39, 0.29) is 4.75 Å². The van der Waals surface area contributed by atoms with Crippen LogP contribution in [-0.4, -0.2) is 15.8 Å². The highest BCUT2D eigenvalue weighted by molar-refractivity contribution is 8.56. The van der Waals surface area contributed by atoms with Gasteiger partial charge in [0.05, 0.1) is 0 Å². The predicted molar refractivity (Wildman–Crippen MR) is 47.7 cm³/mol. The summed E-state index contributed by atoms with van der Waals surface area (Å²) in [7, 11) is 0. The first-order valence-corrected chi connectivity index (χ1v) is 6.56. The second kappa shape index (κ2) is 3.29. The van der Waals surface area contributed by atoms with Gasteiger partial charge < -0.3 is 4.89 Å². The van der Waals surface area contributed by atoms with Gasteiger partial charge in [-0.05, 0) is 0 Å². The van der Waals surface area contributed by atoms with Gasteiger partial charge in [-0.25, -0.2) is 0 Å². The number of rotatable bonds is 2. The molecule has 1 unspecified atom stereocenters. The molecule has 0 aromatic heterocycles. The van der Waals surface area contributed by atoms with E-state index in [2.05, 4.69) is 0 Å². The molecule has 0 amide bonds. The van der Waals surface area contributed by atoms with E-state index in [0.717, 1.165) is 0 Å². The molecule has 0 heterocycles. The maximum absolute atomic E-state index is 11.1. The summed E-state index contributed by atoms with van der Waals surface area (Å²) < 4.78 is 11.0. The Balaban J connectivity index is 4.03. The summed E-state index contributed by atoms with van der Waals surface area (Å²) in [5.74, 6) is 0. The summed E-state index contributed by atoms with van der Waals surface area (Å²) in [5.41, 5.74) is 0. The van der Waals surface area contributed by atoms with Crippen LogP contribution in [0.2, 0.25) is 0 Å². The largest absolute Gasteiger partial charge is 0.337 e.